The van der Waals surface area contributed by atoms with Gasteiger partial charge in [-0.2, -0.15) is 0 Å². The zero-order valence-electron chi connectivity index (χ0n) is 11.3. The molecule has 0 fully saturated rings. The van der Waals surface area contributed by atoms with E-state index in [4.69, 9.17) is 18.0 Å². The van der Waals surface area contributed by atoms with Gasteiger partial charge >= 0.3 is 0 Å². The van der Waals surface area contributed by atoms with E-state index < -0.39 is 5.91 Å². The first kappa shape index (κ1) is 14.8. The maximum atomic E-state index is 12.4. The molecule has 108 valence electrons. The van der Waals surface area contributed by atoms with Crippen LogP contribution in [0.2, 0.25) is 0 Å². The number of aromatic hydroxyl groups is 2. The SMILES string of the molecule is CN(C(=O)c1c(O)cccc1O)c1cccc(C(N)=S)c1. The van der Waals surface area contributed by atoms with E-state index in [1.54, 1.807) is 24.3 Å². The van der Waals surface area contributed by atoms with Gasteiger partial charge in [0.15, 0.2) is 0 Å². The fourth-order valence-electron chi connectivity index (χ4n) is 1.90. The number of anilines is 1. The van der Waals surface area contributed by atoms with Crippen molar-refractivity contribution in [1.29, 1.82) is 0 Å². The smallest absolute Gasteiger partial charge is 0.265 e. The summed E-state index contributed by atoms with van der Waals surface area (Å²) in [5, 5.41) is 19.5. The molecule has 0 atom stereocenters. The van der Waals surface area contributed by atoms with Crippen LogP contribution in [0.4, 0.5) is 5.69 Å². The van der Waals surface area contributed by atoms with Crippen molar-refractivity contribution in [3.05, 3.63) is 53.6 Å². The summed E-state index contributed by atoms with van der Waals surface area (Å²) < 4.78 is 0. The van der Waals surface area contributed by atoms with Gasteiger partial charge in [0.2, 0.25) is 0 Å². The molecule has 21 heavy (non-hydrogen) atoms. The minimum Gasteiger partial charge on any atom is -0.507 e. The van der Waals surface area contributed by atoms with Crippen molar-refractivity contribution >= 4 is 28.8 Å². The number of hydrogen-bond acceptors (Lipinski definition) is 4. The van der Waals surface area contributed by atoms with E-state index in [2.05, 4.69) is 0 Å². The summed E-state index contributed by atoms with van der Waals surface area (Å²) in [6, 6.07) is 11.0. The third-order valence-electron chi connectivity index (χ3n) is 3.06. The minimum atomic E-state index is -0.536. The Balaban J connectivity index is 2.40. The van der Waals surface area contributed by atoms with E-state index >= 15 is 0 Å². The molecule has 4 N–H and O–H groups in total. The summed E-state index contributed by atoms with van der Waals surface area (Å²) in [5.74, 6) is -1.10. The molecule has 6 heteroatoms. The zero-order chi connectivity index (χ0) is 15.6. The fourth-order valence-corrected chi connectivity index (χ4v) is 2.03. The fraction of sp³-hybridized carbons (Fsp3) is 0.0667. The van der Waals surface area contributed by atoms with Crippen molar-refractivity contribution < 1.29 is 15.0 Å². The van der Waals surface area contributed by atoms with Crippen LogP contribution in [0.1, 0.15) is 15.9 Å². The van der Waals surface area contributed by atoms with Crippen LogP contribution < -0.4 is 10.6 Å². The minimum absolute atomic E-state index is 0.152. The number of thiocarbonyl (C=S) groups is 1. The molecule has 2 aromatic carbocycles. The molecule has 2 aromatic rings. The molecule has 0 bridgehead atoms. The Kier molecular flexibility index (Phi) is 4.09. The van der Waals surface area contributed by atoms with Crippen LogP contribution in [0, 0.1) is 0 Å². The molecule has 0 unspecified atom stereocenters. The summed E-state index contributed by atoms with van der Waals surface area (Å²) in [6.07, 6.45) is 0. The van der Waals surface area contributed by atoms with Crippen molar-refractivity contribution in [2.24, 2.45) is 5.73 Å². The highest BCUT2D eigenvalue weighted by Crippen LogP contribution is 2.29. The van der Waals surface area contributed by atoms with Crippen LogP contribution in [0.25, 0.3) is 0 Å². The van der Waals surface area contributed by atoms with Crippen molar-refractivity contribution in [3.8, 4) is 11.5 Å². The molecular formula is C15H14N2O3S. The molecule has 0 spiro atoms. The van der Waals surface area contributed by atoms with E-state index in [1.165, 1.54) is 30.1 Å². The predicted molar refractivity (Wildman–Crippen MR) is 84.8 cm³/mol. The molecule has 0 heterocycles. The number of carbonyl (C=O) groups is 1. The molecule has 0 aliphatic carbocycles. The first-order chi connectivity index (χ1) is 9.91. The number of phenols is 2. The van der Waals surface area contributed by atoms with Crippen LogP contribution in [0.15, 0.2) is 42.5 Å². The molecule has 0 saturated heterocycles. The summed E-state index contributed by atoms with van der Waals surface area (Å²) in [7, 11) is 1.53. The summed E-state index contributed by atoms with van der Waals surface area (Å²) in [4.78, 5) is 13.9. The second-order valence-corrected chi connectivity index (χ2v) is 4.89. The monoisotopic (exact) mass is 302 g/mol. The second kappa shape index (κ2) is 5.80. The number of rotatable bonds is 3. The van der Waals surface area contributed by atoms with Gasteiger partial charge in [-0.05, 0) is 24.3 Å². The van der Waals surface area contributed by atoms with Gasteiger partial charge in [-0.15, -0.1) is 0 Å². The highest BCUT2D eigenvalue weighted by molar-refractivity contribution is 7.80. The second-order valence-electron chi connectivity index (χ2n) is 4.45. The molecule has 1 amide bonds. The average Bonchev–Trinajstić information content (AvgIpc) is 2.46. The Morgan fingerprint density at radius 1 is 1.14 bits per heavy atom. The van der Waals surface area contributed by atoms with Crippen LogP contribution in [-0.4, -0.2) is 28.2 Å². The molecule has 0 aromatic heterocycles. The number of hydrogen-bond donors (Lipinski definition) is 3. The van der Waals surface area contributed by atoms with Crippen LogP contribution >= 0.6 is 12.2 Å². The lowest BCUT2D eigenvalue weighted by Crippen LogP contribution is -2.26. The van der Waals surface area contributed by atoms with Gasteiger partial charge < -0.3 is 20.8 Å². The summed E-state index contributed by atoms with van der Waals surface area (Å²) in [5.41, 5.74) is 6.59. The van der Waals surface area contributed by atoms with Gasteiger partial charge in [-0.25, -0.2) is 0 Å². The maximum Gasteiger partial charge on any atom is 0.265 e. The van der Waals surface area contributed by atoms with Crippen molar-refractivity contribution in [2.45, 2.75) is 0 Å². The first-order valence-electron chi connectivity index (χ1n) is 6.10. The third-order valence-corrected chi connectivity index (χ3v) is 3.29. The number of nitrogens with two attached hydrogens (primary N) is 1. The number of nitrogens with zero attached hydrogens (tertiary/aromatic N) is 1. The highest BCUT2D eigenvalue weighted by Gasteiger charge is 2.21. The lowest BCUT2D eigenvalue weighted by molar-refractivity contribution is 0.0987. The Morgan fingerprint density at radius 2 is 1.71 bits per heavy atom. The van der Waals surface area contributed by atoms with Gasteiger partial charge in [-0.1, -0.05) is 30.4 Å². The van der Waals surface area contributed by atoms with Gasteiger partial charge in [0, 0.05) is 18.3 Å². The van der Waals surface area contributed by atoms with Gasteiger partial charge in [0.1, 0.15) is 22.1 Å². The lowest BCUT2D eigenvalue weighted by atomic mass is 10.1. The standard InChI is InChI=1S/C15H14N2O3S/c1-17(10-5-2-4-9(8-10)14(16)21)15(20)13-11(18)6-3-7-12(13)19/h2-8,18-19H,1H3,(H2,16,21). The molecule has 2 rings (SSSR count). The van der Waals surface area contributed by atoms with E-state index in [0.717, 1.165) is 0 Å². The van der Waals surface area contributed by atoms with E-state index in [9.17, 15) is 15.0 Å². The highest BCUT2D eigenvalue weighted by atomic mass is 32.1. The first-order valence-corrected chi connectivity index (χ1v) is 6.51. The summed E-state index contributed by atoms with van der Waals surface area (Å²) in [6.45, 7) is 0. The van der Waals surface area contributed by atoms with Crippen LogP contribution in [0.3, 0.4) is 0 Å². The molecular weight excluding hydrogens is 288 g/mol. The van der Waals surface area contributed by atoms with Crippen molar-refractivity contribution in [3.63, 3.8) is 0 Å². The average molecular weight is 302 g/mol. The summed E-state index contributed by atoms with van der Waals surface area (Å²) >= 11 is 4.90. The van der Waals surface area contributed by atoms with Crippen molar-refractivity contribution in [2.75, 3.05) is 11.9 Å². The van der Waals surface area contributed by atoms with Crippen molar-refractivity contribution in [1.82, 2.24) is 0 Å². The number of amides is 1. The Labute approximate surface area is 127 Å². The molecule has 0 aliphatic rings. The third kappa shape index (κ3) is 2.95. The van der Waals surface area contributed by atoms with Crippen LogP contribution in [0.5, 0.6) is 11.5 Å². The Bertz CT molecular complexity index is 696. The van der Waals surface area contributed by atoms with E-state index in [0.29, 0.717) is 11.3 Å². The van der Waals surface area contributed by atoms with Gasteiger partial charge in [-0.3, -0.25) is 4.79 Å². The number of phenolic OH excluding ortho intramolecular Hbond substituents is 2. The molecule has 5 nitrogen and oxygen atoms in total. The largest absolute Gasteiger partial charge is 0.507 e. The Hall–Kier alpha value is -2.60. The van der Waals surface area contributed by atoms with Gasteiger partial charge in [0.05, 0.1) is 0 Å². The van der Waals surface area contributed by atoms with Gasteiger partial charge in [0.25, 0.3) is 5.91 Å². The predicted octanol–water partition coefficient (Wildman–Crippen LogP) is 2.01. The number of carbonyl (C=O) groups excluding carboxylic acids is 1. The topological polar surface area (TPSA) is 86.8 Å². The quantitative estimate of drug-likeness (QED) is 0.755. The molecule has 0 radical (unpaired) electrons. The lowest BCUT2D eigenvalue weighted by Gasteiger charge is -2.19. The molecule has 0 saturated carbocycles. The van der Waals surface area contributed by atoms with E-state index in [-0.39, 0.29) is 22.1 Å². The number of benzene rings is 2. The Morgan fingerprint density at radius 3 is 2.29 bits per heavy atom. The zero-order valence-corrected chi connectivity index (χ0v) is 12.1. The maximum absolute atomic E-state index is 12.4. The molecule has 0 aliphatic heterocycles. The normalized spacial score (nSPS) is 10.1. The van der Waals surface area contributed by atoms with Crippen LogP contribution in [-0.2, 0) is 0 Å². The van der Waals surface area contributed by atoms with E-state index in [1.807, 2.05) is 0 Å².